The highest BCUT2D eigenvalue weighted by atomic mass is 19.4. The number of pyridine rings is 1. The summed E-state index contributed by atoms with van der Waals surface area (Å²) in [6.07, 6.45) is 1.03. The molecule has 0 unspecified atom stereocenters. The number of carbonyl (C=O) groups is 1. The van der Waals surface area contributed by atoms with E-state index in [2.05, 4.69) is 20.6 Å². The first-order valence-electron chi connectivity index (χ1n) is 10.6. The van der Waals surface area contributed by atoms with E-state index in [1.807, 2.05) is 12.1 Å². The Labute approximate surface area is 194 Å². The van der Waals surface area contributed by atoms with Crippen molar-refractivity contribution in [3.63, 3.8) is 0 Å². The summed E-state index contributed by atoms with van der Waals surface area (Å²) >= 11 is 0. The lowest BCUT2D eigenvalue weighted by Gasteiger charge is -2.20. The van der Waals surface area contributed by atoms with Crippen LogP contribution in [0.15, 0.2) is 54.6 Å². The molecule has 1 aromatic carbocycles. The molecule has 1 aliphatic carbocycles. The molecule has 10 heteroatoms. The molecular formula is C24H22F3N5O2. The van der Waals surface area contributed by atoms with Gasteiger partial charge < -0.3 is 15.4 Å². The van der Waals surface area contributed by atoms with Crippen molar-refractivity contribution in [2.24, 2.45) is 0 Å². The molecule has 0 saturated carbocycles. The van der Waals surface area contributed by atoms with E-state index in [-0.39, 0.29) is 5.56 Å². The van der Waals surface area contributed by atoms with E-state index in [9.17, 15) is 18.0 Å². The fourth-order valence-electron chi connectivity index (χ4n) is 3.54. The minimum atomic E-state index is -4.35. The number of benzene rings is 1. The second kappa shape index (κ2) is 9.90. The quantitative estimate of drug-likeness (QED) is 0.512. The lowest BCUT2D eigenvalue weighted by Crippen LogP contribution is -2.28. The van der Waals surface area contributed by atoms with E-state index in [1.165, 1.54) is 6.07 Å². The number of carbonyl (C=O) groups excluding carboxylic acids is 1. The number of hydrogen-bond donors (Lipinski definition) is 2. The highest BCUT2D eigenvalue weighted by Gasteiger charge is 2.27. The Hall–Kier alpha value is -3.95. The number of halogens is 3. The minimum Gasteiger partial charge on any atom is -0.501 e. The van der Waals surface area contributed by atoms with Gasteiger partial charge in [-0.05, 0) is 36.8 Å². The third-order valence-corrected chi connectivity index (χ3v) is 5.24. The molecule has 2 heterocycles. The van der Waals surface area contributed by atoms with Crippen LogP contribution in [0.25, 0.3) is 17.5 Å². The first-order valence-corrected chi connectivity index (χ1v) is 10.6. The molecular weight excluding hydrogens is 447 g/mol. The highest BCUT2D eigenvalue weighted by molar-refractivity contribution is 6.00. The van der Waals surface area contributed by atoms with Crippen molar-refractivity contribution in [1.29, 1.82) is 0 Å². The van der Waals surface area contributed by atoms with Crippen LogP contribution in [0.2, 0.25) is 0 Å². The van der Waals surface area contributed by atoms with Crippen LogP contribution in [-0.2, 0) is 11.2 Å². The van der Waals surface area contributed by atoms with E-state index < -0.39 is 25.0 Å². The van der Waals surface area contributed by atoms with Crippen molar-refractivity contribution < 1.29 is 22.7 Å². The number of para-hydroxylation sites is 1. The van der Waals surface area contributed by atoms with Crippen molar-refractivity contribution in [3.05, 3.63) is 71.4 Å². The van der Waals surface area contributed by atoms with Crippen molar-refractivity contribution in [1.82, 2.24) is 20.3 Å². The number of amides is 1. The summed E-state index contributed by atoms with van der Waals surface area (Å²) in [6, 6.07) is 10.2. The molecule has 3 aromatic rings. The first kappa shape index (κ1) is 23.2. The second-order valence-electron chi connectivity index (χ2n) is 7.60. The number of fused-ring (bicyclic) bond motifs is 1. The summed E-state index contributed by atoms with van der Waals surface area (Å²) in [5.41, 5.74) is 2.87. The van der Waals surface area contributed by atoms with Crippen LogP contribution in [0.1, 0.15) is 34.5 Å². The number of methoxy groups -OCH3 is 1. The van der Waals surface area contributed by atoms with Gasteiger partial charge in [-0.1, -0.05) is 12.1 Å². The number of aromatic nitrogens is 3. The summed E-state index contributed by atoms with van der Waals surface area (Å²) in [7, 11) is 1.59. The van der Waals surface area contributed by atoms with Gasteiger partial charge in [-0.15, -0.1) is 0 Å². The molecule has 0 saturated heterocycles. The zero-order valence-electron chi connectivity index (χ0n) is 18.3. The molecule has 4 rings (SSSR count). The number of alkyl halides is 3. The Morgan fingerprint density at radius 1 is 1.12 bits per heavy atom. The van der Waals surface area contributed by atoms with Gasteiger partial charge in [0, 0.05) is 36.5 Å². The van der Waals surface area contributed by atoms with Crippen molar-refractivity contribution in [2.75, 3.05) is 19.0 Å². The number of nitrogens with one attached hydrogen (secondary N) is 2. The van der Waals surface area contributed by atoms with Gasteiger partial charge in [-0.25, -0.2) is 9.97 Å². The monoisotopic (exact) mass is 469 g/mol. The Kier molecular flexibility index (Phi) is 6.76. The average Bonchev–Trinajstić information content (AvgIpc) is 2.83. The van der Waals surface area contributed by atoms with Gasteiger partial charge in [-0.3, -0.25) is 9.78 Å². The predicted molar refractivity (Wildman–Crippen MR) is 121 cm³/mol. The van der Waals surface area contributed by atoms with Crippen LogP contribution in [0.5, 0.6) is 0 Å². The van der Waals surface area contributed by atoms with Gasteiger partial charge >= 0.3 is 6.18 Å². The van der Waals surface area contributed by atoms with Crippen LogP contribution >= 0.6 is 0 Å². The summed E-state index contributed by atoms with van der Waals surface area (Å²) in [5.74, 6) is 1.08. The van der Waals surface area contributed by atoms with Crippen molar-refractivity contribution in [2.45, 2.75) is 25.4 Å². The number of ether oxygens (including phenoxy) is 1. The number of hydrogen-bond acceptors (Lipinski definition) is 6. The molecule has 1 aliphatic rings. The topological polar surface area (TPSA) is 89.0 Å². The molecule has 0 spiro atoms. The Balaban J connectivity index is 1.69. The standard InChI is InChI=1S/C24H22F3N5O2/c1-34-16-8-9-20-18(13-16)22(32-21(30-20)15-5-4-11-28-14-15)31-19-7-3-2-6-17(19)23(33)29-12-10-24(25,26)27/h2-7,11,13-14H,8-10,12H2,1H3,(H,29,33)(H,30,31,32). The maximum Gasteiger partial charge on any atom is 0.390 e. The summed E-state index contributed by atoms with van der Waals surface area (Å²) in [5, 5.41) is 5.51. The van der Waals surface area contributed by atoms with Gasteiger partial charge in [0.1, 0.15) is 5.82 Å². The Bertz CT molecular complexity index is 1210. The molecule has 0 radical (unpaired) electrons. The summed E-state index contributed by atoms with van der Waals surface area (Å²) in [6.45, 7) is -0.509. The normalized spacial score (nSPS) is 13.0. The molecule has 2 N–H and O–H groups in total. The number of nitrogens with zero attached hydrogens (tertiary/aromatic N) is 3. The average molecular weight is 469 g/mol. The van der Waals surface area contributed by atoms with E-state index in [1.54, 1.807) is 43.8 Å². The Morgan fingerprint density at radius 2 is 1.94 bits per heavy atom. The van der Waals surface area contributed by atoms with E-state index in [0.717, 1.165) is 22.6 Å². The molecule has 1 amide bonds. The fraction of sp³-hybridized carbons (Fsp3) is 0.250. The maximum atomic E-state index is 12.6. The lowest BCUT2D eigenvalue weighted by atomic mass is 10.0. The molecule has 176 valence electrons. The maximum absolute atomic E-state index is 12.6. The molecule has 2 aromatic heterocycles. The third-order valence-electron chi connectivity index (χ3n) is 5.24. The van der Waals surface area contributed by atoms with Gasteiger partial charge in [0.05, 0.1) is 36.2 Å². The van der Waals surface area contributed by atoms with Gasteiger partial charge in [0.25, 0.3) is 5.91 Å². The van der Waals surface area contributed by atoms with Crippen LogP contribution < -0.4 is 10.6 Å². The molecule has 0 aliphatic heterocycles. The zero-order chi connectivity index (χ0) is 24.1. The van der Waals surface area contributed by atoms with E-state index >= 15 is 0 Å². The lowest BCUT2D eigenvalue weighted by molar-refractivity contribution is -0.132. The zero-order valence-corrected chi connectivity index (χ0v) is 18.3. The number of aryl methyl sites for hydroxylation is 1. The number of allylic oxidation sites excluding steroid dienone is 1. The predicted octanol–water partition coefficient (Wildman–Crippen LogP) is 4.90. The summed E-state index contributed by atoms with van der Waals surface area (Å²) in [4.78, 5) is 26.1. The minimum absolute atomic E-state index is 0.201. The molecule has 0 atom stereocenters. The number of anilines is 2. The van der Waals surface area contributed by atoms with E-state index in [4.69, 9.17) is 9.72 Å². The molecule has 0 fully saturated rings. The van der Waals surface area contributed by atoms with Gasteiger partial charge in [0.15, 0.2) is 5.82 Å². The first-order chi connectivity index (χ1) is 16.3. The smallest absolute Gasteiger partial charge is 0.390 e. The van der Waals surface area contributed by atoms with E-state index in [0.29, 0.717) is 30.2 Å². The van der Waals surface area contributed by atoms with Crippen LogP contribution in [0.4, 0.5) is 24.7 Å². The SMILES string of the molecule is COC1=Cc2c(nc(-c3cccnc3)nc2Nc2ccccc2C(=O)NCCC(F)(F)F)CC1. The van der Waals surface area contributed by atoms with Gasteiger partial charge in [0.2, 0.25) is 0 Å². The largest absolute Gasteiger partial charge is 0.501 e. The highest BCUT2D eigenvalue weighted by Crippen LogP contribution is 2.32. The molecule has 34 heavy (non-hydrogen) atoms. The molecule has 0 bridgehead atoms. The van der Waals surface area contributed by atoms with Crippen molar-refractivity contribution >= 4 is 23.5 Å². The second-order valence-corrected chi connectivity index (χ2v) is 7.60. The van der Waals surface area contributed by atoms with Crippen LogP contribution in [-0.4, -0.2) is 40.7 Å². The summed E-state index contributed by atoms with van der Waals surface area (Å²) < 4.78 is 42.8. The van der Waals surface area contributed by atoms with Gasteiger partial charge in [-0.2, -0.15) is 13.2 Å². The van der Waals surface area contributed by atoms with Crippen molar-refractivity contribution in [3.8, 4) is 11.4 Å². The third kappa shape index (κ3) is 5.51. The van der Waals surface area contributed by atoms with Crippen LogP contribution in [0, 0.1) is 0 Å². The molecule has 7 nitrogen and oxygen atoms in total. The fourth-order valence-corrected chi connectivity index (χ4v) is 3.54. The Morgan fingerprint density at radius 3 is 2.68 bits per heavy atom. The number of rotatable bonds is 7. The van der Waals surface area contributed by atoms with Crippen LogP contribution in [0.3, 0.4) is 0 Å².